The first kappa shape index (κ1) is 22.7. The van der Waals surface area contributed by atoms with Crippen molar-refractivity contribution in [2.24, 2.45) is 0 Å². The number of rotatable bonds is 7. The Morgan fingerprint density at radius 3 is 2.88 bits per heavy atom. The van der Waals surface area contributed by atoms with Crippen LogP contribution in [-0.2, 0) is 16.4 Å². The number of benzene rings is 2. The van der Waals surface area contributed by atoms with Crippen LogP contribution in [0.5, 0.6) is 5.75 Å². The van der Waals surface area contributed by atoms with Gasteiger partial charge in [-0.25, -0.2) is 13.1 Å². The molecule has 2 aromatic carbocycles. The van der Waals surface area contributed by atoms with Gasteiger partial charge in [0.1, 0.15) is 15.6 Å². The van der Waals surface area contributed by atoms with E-state index in [0.717, 1.165) is 16.7 Å². The molecule has 0 amide bonds. The van der Waals surface area contributed by atoms with Crippen LogP contribution in [0.25, 0.3) is 22.8 Å². The molecule has 1 atom stereocenters. The first-order valence-corrected chi connectivity index (χ1v) is 13.2. The first-order valence-electron chi connectivity index (χ1n) is 10.0. The summed E-state index contributed by atoms with van der Waals surface area (Å²) >= 11 is 1.84. The monoisotopic (exact) mass is 564 g/mol. The number of halogens is 1. The molecule has 0 fully saturated rings. The molecule has 1 heterocycles. The van der Waals surface area contributed by atoms with E-state index >= 15 is 0 Å². The third-order valence-electron chi connectivity index (χ3n) is 5.11. The Morgan fingerprint density at radius 1 is 1.34 bits per heavy atom. The van der Waals surface area contributed by atoms with Crippen molar-refractivity contribution in [2.45, 2.75) is 38.8 Å². The summed E-state index contributed by atoms with van der Waals surface area (Å²) < 4.78 is 38.0. The summed E-state index contributed by atoms with van der Waals surface area (Å²) in [4.78, 5) is 4.54. The van der Waals surface area contributed by atoms with Gasteiger partial charge in [0.25, 0.3) is 5.89 Å². The lowest BCUT2D eigenvalue weighted by atomic mass is 10.0. The molecule has 0 saturated heterocycles. The molecule has 8 nitrogen and oxygen atoms in total. The van der Waals surface area contributed by atoms with Gasteiger partial charge in [-0.05, 0) is 56.0 Å². The molecule has 4 rings (SSSR count). The molecular formula is C22H21IN4O4S. The quantitative estimate of drug-likeness (QED) is 0.335. The van der Waals surface area contributed by atoms with Crippen LogP contribution in [0.2, 0.25) is 0 Å². The number of alkyl halides is 1. The van der Waals surface area contributed by atoms with Crippen molar-refractivity contribution in [3.63, 3.8) is 0 Å². The lowest BCUT2D eigenvalue weighted by molar-refractivity contribution is 0.241. The van der Waals surface area contributed by atoms with Crippen molar-refractivity contribution in [3.05, 3.63) is 53.1 Å². The normalized spacial score (nSPS) is 15.5. The van der Waals surface area contributed by atoms with Crippen molar-refractivity contribution in [3.8, 4) is 34.7 Å². The van der Waals surface area contributed by atoms with Crippen LogP contribution in [0.4, 0.5) is 0 Å². The lowest BCUT2D eigenvalue weighted by Gasteiger charge is -2.13. The fraction of sp³-hybridized carbons (Fsp3) is 0.318. The second-order valence-corrected chi connectivity index (χ2v) is 11.3. The first-order chi connectivity index (χ1) is 15.3. The van der Waals surface area contributed by atoms with Gasteiger partial charge in [-0.3, -0.25) is 0 Å². The van der Waals surface area contributed by atoms with Crippen LogP contribution >= 0.6 is 22.6 Å². The van der Waals surface area contributed by atoms with Crippen LogP contribution in [0, 0.1) is 11.3 Å². The van der Waals surface area contributed by atoms with Crippen LogP contribution in [0.1, 0.15) is 43.0 Å². The van der Waals surface area contributed by atoms with Crippen molar-refractivity contribution >= 4 is 32.6 Å². The van der Waals surface area contributed by atoms with E-state index in [4.69, 9.17) is 9.26 Å². The highest BCUT2D eigenvalue weighted by Crippen LogP contribution is 2.38. The number of aromatic nitrogens is 2. The van der Waals surface area contributed by atoms with E-state index in [9.17, 15) is 13.7 Å². The number of nitrogens with one attached hydrogen (secondary N) is 1. The number of fused-ring (bicyclic) bond motifs is 1. The Kier molecular flexibility index (Phi) is 6.50. The molecule has 1 N–H and O–H groups in total. The zero-order valence-corrected chi connectivity index (χ0v) is 20.5. The standard InChI is InChI=1S/C22H21IN4O4S/c1-13(2)30-20-9-6-14(10-15(20)11-24)22-25-21(26-31-22)18-5-3-4-17-16(18)7-8-19(17)27-32(28,29)12-23/h3-6,9-10,13,19,27H,7-8,12H2,1-2H3/t19-/m0/s1. The van der Waals surface area contributed by atoms with Crippen molar-refractivity contribution < 1.29 is 17.7 Å². The third kappa shape index (κ3) is 4.65. The number of hydrogen-bond acceptors (Lipinski definition) is 7. The van der Waals surface area contributed by atoms with E-state index in [1.807, 2.05) is 54.6 Å². The van der Waals surface area contributed by atoms with E-state index in [0.29, 0.717) is 41.4 Å². The summed E-state index contributed by atoms with van der Waals surface area (Å²) in [6.07, 6.45) is 1.34. The SMILES string of the molecule is CC(C)Oc1ccc(-c2nc(-c3cccc4c3CC[C@@H]4NS(=O)(=O)CI)no2)cc1C#N. The van der Waals surface area contributed by atoms with Crippen molar-refractivity contribution in [1.82, 2.24) is 14.9 Å². The van der Waals surface area contributed by atoms with Gasteiger partial charge in [0, 0.05) is 17.2 Å². The van der Waals surface area contributed by atoms with Gasteiger partial charge in [0.2, 0.25) is 15.8 Å². The summed E-state index contributed by atoms with van der Waals surface area (Å²) in [5.41, 5.74) is 3.77. The number of hydrogen-bond donors (Lipinski definition) is 1. The summed E-state index contributed by atoms with van der Waals surface area (Å²) in [6.45, 7) is 3.80. The van der Waals surface area contributed by atoms with Gasteiger partial charge in [-0.1, -0.05) is 45.9 Å². The molecule has 166 valence electrons. The summed E-state index contributed by atoms with van der Waals surface area (Å²) in [5, 5.41) is 13.6. The minimum atomic E-state index is -3.32. The topological polar surface area (TPSA) is 118 Å². The molecule has 0 saturated carbocycles. The highest BCUT2D eigenvalue weighted by Gasteiger charge is 2.29. The molecule has 1 aliphatic carbocycles. The van der Waals surface area contributed by atoms with E-state index in [-0.39, 0.29) is 15.9 Å². The van der Waals surface area contributed by atoms with Crippen LogP contribution in [-0.4, -0.2) is 28.4 Å². The highest BCUT2D eigenvalue weighted by atomic mass is 127. The third-order valence-corrected chi connectivity index (χ3v) is 8.50. The van der Waals surface area contributed by atoms with Gasteiger partial charge in [-0.2, -0.15) is 10.2 Å². The Morgan fingerprint density at radius 2 is 2.16 bits per heavy atom. The minimum Gasteiger partial charge on any atom is -0.490 e. The zero-order valence-electron chi connectivity index (χ0n) is 17.5. The van der Waals surface area contributed by atoms with Crippen LogP contribution < -0.4 is 9.46 Å². The van der Waals surface area contributed by atoms with Gasteiger partial charge >= 0.3 is 0 Å². The molecule has 1 aliphatic rings. The smallest absolute Gasteiger partial charge is 0.258 e. The summed E-state index contributed by atoms with van der Waals surface area (Å²) in [7, 11) is -3.32. The largest absolute Gasteiger partial charge is 0.490 e. The molecule has 3 aromatic rings. The molecule has 1 aromatic heterocycles. The highest BCUT2D eigenvalue weighted by molar-refractivity contribution is 14.1. The van der Waals surface area contributed by atoms with E-state index in [2.05, 4.69) is 20.9 Å². The zero-order chi connectivity index (χ0) is 22.9. The number of ether oxygens (including phenoxy) is 1. The fourth-order valence-corrected chi connectivity index (χ4v) is 5.07. The Labute approximate surface area is 200 Å². The van der Waals surface area contributed by atoms with Gasteiger partial charge in [0.15, 0.2) is 0 Å². The van der Waals surface area contributed by atoms with Crippen molar-refractivity contribution in [1.29, 1.82) is 5.26 Å². The Bertz CT molecular complexity index is 1300. The second-order valence-electron chi connectivity index (χ2n) is 7.72. The van der Waals surface area contributed by atoms with Gasteiger partial charge in [0.05, 0.1) is 11.7 Å². The second kappa shape index (κ2) is 9.17. The Balaban J connectivity index is 1.65. The average molecular weight is 564 g/mol. The Hall–Kier alpha value is -2.49. The maximum atomic E-state index is 12.0. The van der Waals surface area contributed by atoms with Crippen molar-refractivity contribution in [2.75, 3.05) is 3.76 Å². The molecule has 0 bridgehead atoms. The number of nitrogens with zero attached hydrogens (tertiary/aromatic N) is 3. The molecule has 0 unspecified atom stereocenters. The molecular weight excluding hydrogens is 543 g/mol. The predicted octanol–water partition coefficient (Wildman–Crippen LogP) is 4.36. The minimum absolute atomic E-state index is 0.0101. The van der Waals surface area contributed by atoms with Gasteiger partial charge < -0.3 is 9.26 Å². The fourth-order valence-electron chi connectivity index (χ4n) is 3.79. The lowest BCUT2D eigenvalue weighted by Crippen LogP contribution is -2.27. The number of nitriles is 1. The van der Waals surface area contributed by atoms with E-state index in [1.165, 1.54) is 0 Å². The molecule has 10 heteroatoms. The van der Waals surface area contributed by atoms with Crippen LogP contribution in [0.3, 0.4) is 0 Å². The molecule has 32 heavy (non-hydrogen) atoms. The molecule has 0 aliphatic heterocycles. The van der Waals surface area contributed by atoms with E-state index in [1.54, 1.807) is 18.2 Å². The average Bonchev–Trinajstić information content (AvgIpc) is 3.41. The number of sulfonamides is 1. The summed E-state index contributed by atoms with van der Waals surface area (Å²) in [6, 6.07) is 12.8. The molecule has 0 radical (unpaired) electrons. The maximum Gasteiger partial charge on any atom is 0.258 e. The van der Waals surface area contributed by atoms with E-state index < -0.39 is 10.0 Å². The van der Waals surface area contributed by atoms with Crippen LogP contribution in [0.15, 0.2) is 40.9 Å². The maximum absolute atomic E-state index is 12.0. The predicted molar refractivity (Wildman–Crippen MR) is 128 cm³/mol. The molecule has 0 spiro atoms. The van der Waals surface area contributed by atoms with Gasteiger partial charge in [-0.15, -0.1) is 0 Å². The summed E-state index contributed by atoms with van der Waals surface area (Å²) in [5.74, 6) is 1.23.